The maximum Gasteiger partial charge on any atom is 0.250 e. The van der Waals surface area contributed by atoms with Crippen LogP contribution in [0.15, 0.2) is 39.9 Å². The first-order chi connectivity index (χ1) is 19.0. The lowest BCUT2D eigenvalue weighted by Crippen LogP contribution is -2.25. The molecule has 0 aliphatic carbocycles. The molecule has 0 unspecified atom stereocenters. The molecule has 2 fully saturated rings. The van der Waals surface area contributed by atoms with E-state index in [0.717, 1.165) is 67.5 Å². The highest BCUT2D eigenvalue weighted by atomic mass is 79.9. The predicted molar refractivity (Wildman–Crippen MR) is 160 cm³/mol. The van der Waals surface area contributed by atoms with Crippen molar-refractivity contribution in [2.75, 3.05) is 48.0 Å². The highest BCUT2D eigenvalue weighted by Crippen LogP contribution is 2.37. The summed E-state index contributed by atoms with van der Waals surface area (Å²) in [5, 5.41) is 5.55. The van der Waals surface area contributed by atoms with Crippen molar-refractivity contribution in [1.29, 1.82) is 0 Å². The van der Waals surface area contributed by atoms with Gasteiger partial charge < -0.3 is 19.3 Å². The van der Waals surface area contributed by atoms with Gasteiger partial charge in [-0.05, 0) is 78.4 Å². The summed E-state index contributed by atoms with van der Waals surface area (Å²) in [6.07, 6.45) is 6.29. The molecule has 2 aliphatic rings. The van der Waals surface area contributed by atoms with E-state index in [2.05, 4.69) is 46.2 Å². The number of hydrogen-bond acceptors (Lipinski definition) is 9. The van der Waals surface area contributed by atoms with Gasteiger partial charge in [0.2, 0.25) is 17.8 Å². The fraction of sp³-hybridized carbons (Fsp3) is 0.407. The molecule has 3 aromatic rings. The van der Waals surface area contributed by atoms with E-state index in [1.165, 1.54) is 0 Å². The predicted octanol–water partition coefficient (Wildman–Crippen LogP) is 6.57. The zero-order valence-electron chi connectivity index (χ0n) is 21.7. The summed E-state index contributed by atoms with van der Waals surface area (Å²) in [7, 11) is 0. The Hall–Kier alpha value is -2.82. The SMILES string of the molecule is CCOc1cc(/C=N\Nc2nc(N3CCCC3)nc(N3CCCC3)n2)cc(Br)c1OCc1ccc(Cl)cc1Cl. The summed E-state index contributed by atoms with van der Waals surface area (Å²) < 4.78 is 12.7. The van der Waals surface area contributed by atoms with Crippen molar-refractivity contribution < 1.29 is 9.47 Å². The molecule has 0 radical (unpaired) electrons. The van der Waals surface area contributed by atoms with Gasteiger partial charge in [0, 0.05) is 41.8 Å². The molecule has 12 heteroatoms. The maximum atomic E-state index is 6.31. The van der Waals surface area contributed by atoms with Gasteiger partial charge in [0.25, 0.3) is 0 Å². The van der Waals surface area contributed by atoms with Crippen LogP contribution in [0.1, 0.15) is 43.7 Å². The Morgan fingerprint density at radius 1 is 0.949 bits per heavy atom. The first-order valence-corrected chi connectivity index (χ1v) is 14.6. The molecule has 206 valence electrons. The summed E-state index contributed by atoms with van der Waals surface area (Å²) in [6.45, 7) is 6.50. The molecule has 0 spiro atoms. The molecular weight excluding hydrogens is 605 g/mol. The van der Waals surface area contributed by atoms with Crippen molar-refractivity contribution >= 4 is 63.2 Å². The summed E-state index contributed by atoms with van der Waals surface area (Å²) in [5.41, 5.74) is 4.64. The fourth-order valence-electron chi connectivity index (χ4n) is 4.54. The summed E-state index contributed by atoms with van der Waals surface area (Å²) in [5.74, 6) is 2.99. The van der Waals surface area contributed by atoms with Crippen LogP contribution in [0, 0.1) is 0 Å². The van der Waals surface area contributed by atoms with E-state index in [9.17, 15) is 0 Å². The number of nitrogens with zero attached hydrogens (tertiary/aromatic N) is 6. The van der Waals surface area contributed by atoms with Crippen LogP contribution in [0.5, 0.6) is 11.5 Å². The van der Waals surface area contributed by atoms with Crippen molar-refractivity contribution in [2.45, 2.75) is 39.2 Å². The van der Waals surface area contributed by atoms with E-state index in [4.69, 9.17) is 37.7 Å². The normalized spacial score (nSPS) is 15.4. The highest BCUT2D eigenvalue weighted by Gasteiger charge is 2.21. The van der Waals surface area contributed by atoms with Crippen molar-refractivity contribution in [1.82, 2.24) is 15.0 Å². The Morgan fingerprint density at radius 2 is 1.62 bits per heavy atom. The minimum Gasteiger partial charge on any atom is -0.490 e. The largest absolute Gasteiger partial charge is 0.490 e. The molecule has 5 rings (SSSR count). The molecule has 3 heterocycles. The van der Waals surface area contributed by atoms with E-state index in [-0.39, 0.29) is 6.61 Å². The van der Waals surface area contributed by atoms with Crippen LogP contribution in [0.4, 0.5) is 17.8 Å². The Labute approximate surface area is 246 Å². The number of hydrogen-bond donors (Lipinski definition) is 1. The number of ether oxygens (including phenoxy) is 2. The van der Waals surface area contributed by atoms with Crippen LogP contribution < -0.4 is 24.7 Å². The molecule has 0 atom stereocenters. The second kappa shape index (κ2) is 13.0. The Balaban J connectivity index is 1.32. The minimum atomic E-state index is 0.266. The van der Waals surface area contributed by atoms with Crippen LogP contribution in [-0.2, 0) is 6.61 Å². The number of halogens is 3. The smallest absolute Gasteiger partial charge is 0.250 e. The molecule has 2 saturated heterocycles. The van der Waals surface area contributed by atoms with E-state index < -0.39 is 0 Å². The van der Waals surface area contributed by atoms with E-state index in [1.54, 1.807) is 18.3 Å². The summed E-state index contributed by atoms with van der Waals surface area (Å²) in [4.78, 5) is 18.4. The van der Waals surface area contributed by atoms with Gasteiger partial charge in [0.15, 0.2) is 11.5 Å². The zero-order valence-corrected chi connectivity index (χ0v) is 24.8. The van der Waals surface area contributed by atoms with Crippen LogP contribution in [0.25, 0.3) is 0 Å². The average molecular weight is 635 g/mol. The van der Waals surface area contributed by atoms with Crippen molar-refractivity contribution in [2.24, 2.45) is 5.10 Å². The molecule has 2 aliphatic heterocycles. The van der Waals surface area contributed by atoms with E-state index in [1.807, 2.05) is 25.1 Å². The Bertz CT molecular complexity index is 1300. The third-order valence-electron chi connectivity index (χ3n) is 6.49. The average Bonchev–Trinajstić information content (AvgIpc) is 3.64. The first kappa shape index (κ1) is 27.7. The number of benzene rings is 2. The van der Waals surface area contributed by atoms with Gasteiger partial charge in [-0.15, -0.1) is 0 Å². The van der Waals surface area contributed by atoms with Crippen LogP contribution in [0.2, 0.25) is 10.0 Å². The molecule has 0 bridgehead atoms. The quantitative estimate of drug-likeness (QED) is 0.198. The van der Waals surface area contributed by atoms with Crippen molar-refractivity contribution in [3.8, 4) is 11.5 Å². The number of nitrogens with one attached hydrogen (secondary N) is 1. The zero-order chi connectivity index (χ0) is 27.2. The second-order valence-corrected chi connectivity index (χ2v) is 11.0. The van der Waals surface area contributed by atoms with Crippen LogP contribution in [-0.4, -0.2) is 54.0 Å². The van der Waals surface area contributed by atoms with Crippen LogP contribution in [0.3, 0.4) is 0 Å². The Morgan fingerprint density at radius 3 is 2.23 bits per heavy atom. The van der Waals surface area contributed by atoms with Gasteiger partial charge in [-0.2, -0.15) is 20.1 Å². The molecule has 0 amide bonds. The standard InChI is InChI=1S/C27H30BrCl2N7O2/c1-2-38-23-14-18(13-21(28)24(23)39-17-19-7-8-20(29)15-22(19)30)16-31-35-25-32-26(36-9-3-4-10-36)34-27(33-25)37-11-5-6-12-37/h7-8,13-16H,2-6,9-12,17H2,1H3,(H,32,33,34,35)/b31-16-. The first-order valence-electron chi connectivity index (χ1n) is 13.1. The third-order valence-corrected chi connectivity index (χ3v) is 7.66. The number of aromatic nitrogens is 3. The molecule has 0 saturated carbocycles. The van der Waals surface area contributed by atoms with Crippen molar-refractivity contribution in [3.63, 3.8) is 0 Å². The lowest BCUT2D eigenvalue weighted by Gasteiger charge is -2.20. The van der Waals surface area contributed by atoms with Gasteiger partial charge >= 0.3 is 0 Å². The molecular formula is C27H30BrCl2N7O2. The van der Waals surface area contributed by atoms with Crippen LogP contribution >= 0.6 is 39.1 Å². The molecule has 9 nitrogen and oxygen atoms in total. The second-order valence-electron chi connectivity index (χ2n) is 9.30. The molecule has 39 heavy (non-hydrogen) atoms. The number of hydrazone groups is 1. The number of rotatable bonds is 10. The van der Waals surface area contributed by atoms with E-state index in [0.29, 0.717) is 46.0 Å². The molecule has 2 aromatic carbocycles. The molecule has 1 N–H and O–H groups in total. The lowest BCUT2D eigenvalue weighted by atomic mass is 10.2. The summed E-state index contributed by atoms with van der Waals surface area (Å²) in [6, 6.07) is 9.10. The number of anilines is 3. The fourth-order valence-corrected chi connectivity index (χ4v) is 5.58. The lowest BCUT2D eigenvalue weighted by molar-refractivity contribution is 0.267. The van der Waals surface area contributed by atoms with Gasteiger partial charge in [-0.3, -0.25) is 0 Å². The highest BCUT2D eigenvalue weighted by molar-refractivity contribution is 9.10. The van der Waals surface area contributed by atoms with Gasteiger partial charge in [-0.1, -0.05) is 29.3 Å². The Kier molecular flexibility index (Phi) is 9.26. The van der Waals surface area contributed by atoms with E-state index >= 15 is 0 Å². The van der Waals surface area contributed by atoms with Crippen molar-refractivity contribution in [3.05, 3.63) is 56.0 Å². The minimum absolute atomic E-state index is 0.266. The topological polar surface area (TPSA) is 88.0 Å². The monoisotopic (exact) mass is 633 g/mol. The third kappa shape index (κ3) is 7.04. The van der Waals surface area contributed by atoms with Gasteiger partial charge in [-0.25, -0.2) is 5.43 Å². The van der Waals surface area contributed by atoms with Gasteiger partial charge in [0.05, 0.1) is 17.3 Å². The maximum absolute atomic E-state index is 6.31. The van der Waals surface area contributed by atoms with Gasteiger partial charge in [0.1, 0.15) is 6.61 Å². The molecule has 1 aromatic heterocycles. The summed E-state index contributed by atoms with van der Waals surface area (Å²) >= 11 is 15.9.